The lowest BCUT2D eigenvalue weighted by Crippen LogP contribution is -2.40. The molecule has 0 saturated carbocycles. The highest BCUT2D eigenvalue weighted by Crippen LogP contribution is 2.32. The normalized spacial score (nSPS) is 17.7. The van der Waals surface area contributed by atoms with Crippen molar-refractivity contribution in [3.05, 3.63) is 45.9 Å². The molecule has 1 amide bonds. The highest BCUT2D eigenvalue weighted by molar-refractivity contribution is 7.91. The van der Waals surface area contributed by atoms with Crippen LogP contribution in [0.2, 0.25) is 5.02 Å². The van der Waals surface area contributed by atoms with E-state index in [-0.39, 0.29) is 17.5 Å². The Bertz CT molecular complexity index is 1280. The SMILES string of the molecule is Cc1nn(-c2ccccc2Cl)c2sc(C(=O)OCC(=O)N(C)C3CCS(=O)(=O)C3)cc12. The van der Waals surface area contributed by atoms with Crippen molar-refractivity contribution in [3.63, 3.8) is 0 Å². The van der Waals surface area contributed by atoms with Crippen LogP contribution in [0.3, 0.4) is 0 Å². The molecule has 11 heteroatoms. The van der Waals surface area contributed by atoms with Crippen molar-refractivity contribution in [3.8, 4) is 5.69 Å². The number of halogens is 1. The quantitative estimate of drug-likeness (QED) is 0.520. The number of esters is 1. The third-order valence-electron chi connectivity index (χ3n) is 5.30. The molecule has 0 aliphatic carbocycles. The predicted molar refractivity (Wildman–Crippen MR) is 119 cm³/mol. The molecule has 1 unspecified atom stereocenters. The molecule has 164 valence electrons. The number of thiophene rings is 1. The summed E-state index contributed by atoms with van der Waals surface area (Å²) in [5.41, 5.74) is 1.44. The van der Waals surface area contributed by atoms with E-state index in [2.05, 4.69) is 5.10 Å². The van der Waals surface area contributed by atoms with Gasteiger partial charge in [-0.3, -0.25) is 4.79 Å². The summed E-state index contributed by atoms with van der Waals surface area (Å²) in [6, 6.07) is 8.58. The van der Waals surface area contributed by atoms with E-state index in [9.17, 15) is 18.0 Å². The van der Waals surface area contributed by atoms with Crippen LogP contribution in [0.15, 0.2) is 30.3 Å². The highest BCUT2D eigenvalue weighted by atomic mass is 35.5. The second kappa shape index (κ2) is 8.25. The second-order valence-electron chi connectivity index (χ2n) is 7.42. The zero-order valence-electron chi connectivity index (χ0n) is 16.9. The molecule has 8 nitrogen and oxygen atoms in total. The van der Waals surface area contributed by atoms with Gasteiger partial charge in [-0.25, -0.2) is 17.9 Å². The fourth-order valence-corrected chi connectivity index (χ4v) is 6.58. The summed E-state index contributed by atoms with van der Waals surface area (Å²) in [7, 11) is -1.58. The Morgan fingerprint density at radius 3 is 2.77 bits per heavy atom. The third-order valence-corrected chi connectivity index (χ3v) is 8.46. The lowest BCUT2D eigenvalue weighted by Gasteiger charge is -2.23. The molecule has 0 N–H and O–H groups in total. The van der Waals surface area contributed by atoms with Crippen molar-refractivity contribution in [1.29, 1.82) is 0 Å². The first-order valence-corrected chi connectivity index (χ1v) is 12.5. The molecular formula is C20H20ClN3O5S2. The molecule has 1 fully saturated rings. The Balaban J connectivity index is 1.48. The number of rotatable bonds is 5. The van der Waals surface area contributed by atoms with Crippen LogP contribution in [0.1, 0.15) is 21.8 Å². The van der Waals surface area contributed by atoms with Gasteiger partial charge in [-0.1, -0.05) is 23.7 Å². The fraction of sp³-hybridized carbons (Fsp3) is 0.350. The Kier molecular flexibility index (Phi) is 5.80. The first-order valence-electron chi connectivity index (χ1n) is 9.53. The van der Waals surface area contributed by atoms with Gasteiger partial charge in [0.15, 0.2) is 16.4 Å². The van der Waals surface area contributed by atoms with Crippen LogP contribution >= 0.6 is 22.9 Å². The van der Waals surface area contributed by atoms with E-state index in [1.165, 1.54) is 23.3 Å². The van der Waals surface area contributed by atoms with Crippen molar-refractivity contribution in [2.75, 3.05) is 25.2 Å². The molecule has 1 aliphatic rings. The maximum absolute atomic E-state index is 12.6. The van der Waals surface area contributed by atoms with Gasteiger partial charge in [-0.15, -0.1) is 11.3 Å². The lowest BCUT2D eigenvalue weighted by atomic mass is 10.2. The minimum Gasteiger partial charge on any atom is -0.451 e. The lowest BCUT2D eigenvalue weighted by molar-refractivity contribution is -0.134. The van der Waals surface area contributed by atoms with Crippen LogP contribution in [-0.4, -0.2) is 66.2 Å². The Morgan fingerprint density at radius 2 is 2.10 bits per heavy atom. The summed E-state index contributed by atoms with van der Waals surface area (Å²) in [5, 5.41) is 5.85. The van der Waals surface area contributed by atoms with Crippen LogP contribution in [0.4, 0.5) is 0 Å². The molecule has 2 aromatic heterocycles. The highest BCUT2D eigenvalue weighted by Gasteiger charge is 2.33. The number of aryl methyl sites for hydroxylation is 1. The number of ether oxygens (including phenoxy) is 1. The molecule has 1 saturated heterocycles. The van der Waals surface area contributed by atoms with Gasteiger partial charge in [0, 0.05) is 18.5 Å². The molecule has 1 atom stereocenters. The molecule has 3 heterocycles. The third kappa shape index (κ3) is 4.32. The molecule has 31 heavy (non-hydrogen) atoms. The number of hydrogen-bond donors (Lipinski definition) is 0. The van der Waals surface area contributed by atoms with E-state index >= 15 is 0 Å². The first-order chi connectivity index (χ1) is 14.7. The Labute approximate surface area is 188 Å². The van der Waals surface area contributed by atoms with Gasteiger partial charge >= 0.3 is 5.97 Å². The number of hydrogen-bond acceptors (Lipinski definition) is 7. The molecule has 4 rings (SSSR count). The van der Waals surface area contributed by atoms with E-state index in [1.807, 2.05) is 25.1 Å². The predicted octanol–water partition coefficient (Wildman–Crippen LogP) is 2.85. The van der Waals surface area contributed by atoms with Gasteiger partial charge in [0.05, 0.1) is 27.9 Å². The van der Waals surface area contributed by atoms with Crippen LogP contribution < -0.4 is 0 Å². The summed E-state index contributed by atoms with van der Waals surface area (Å²) in [6.45, 7) is 1.39. The molecule has 0 radical (unpaired) electrons. The zero-order chi connectivity index (χ0) is 22.3. The topological polar surface area (TPSA) is 98.6 Å². The van der Waals surface area contributed by atoms with Gasteiger partial charge in [0.1, 0.15) is 9.71 Å². The molecule has 3 aromatic rings. The van der Waals surface area contributed by atoms with Gasteiger partial charge < -0.3 is 9.64 Å². The van der Waals surface area contributed by atoms with Crippen molar-refractivity contribution >= 4 is 54.9 Å². The average molecular weight is 482 g/mol. The number of aromatic nitrogens is 2. The smallest absolute Gasteiger partial charge is 0.348 e. The molecule has 1 aromatic carbocycles. The first kappa shape index (κ1) is 21.8. The number of nitrogens with zero attached hydrogens (tertiary/aromatic N) is 3. The summed E-state index contributed by atoms with van der Waals surface area (Å²) >= 11 is 7.50. The molecular weight excluding hydrogens is 462 g/mol. The number of carbonyl (C=O) groups excluding carboxylic acids is 2. The molecule has 0 spiro atoms. The maximum atomic E-state index is 12.6. The fourth-order valence-electron chi connectivity index (χ4n) is 3.52. The van der Waals surface area contributed by atoms with Crippen molar-refractivity contribution < 1.29 is 22.7 Å². The van der Waals surface area contributed by atoms with Gasteiger partial charge in [-0.2, -0.15) is 5.10 Å². The average Bonchev–Trinajstić information content (AvgIpc) is 3.40. The van der Waals surface area contributed by atoms with Crippen molar-refractivity contribution in [2.24, 2.45) is 0 Å². The van der Waals surface area contributed by atoms with E-state index in [0.29, 0.717) is 22.0 Å². The number of carbonyl (C=O) groups is 2. The van der Waals surface area contributed by atoms with Crippen LogP contribution in [0.25, 0.3) is 15.9 Å². The van der Waals surface area contributed by atoms with Crippen molar-refractivity contribution in [2.45, 2.75) is 19.4 Å². The summed E-state index contributed by atoms with van der Waals surface area (Å²) in [5.74, 6) is -1.04. The van der Waals surface area contributed by atoms with E-state index < -0.39 is 28.3 Å². The number of para-hydroxylation sites is 1. The summed E-state index contributed by atoms with van der Waals surface area (Å²) < 4.78 is 30.1. The number of fused-ring (bicyclic) bond motifs is 1. The van der Waals surface area contributed by atoms with E-state index in [1.54, 1.807) is 16.8 Å². The monoisotopic (exact) mass is 481 g/mol. The molecule has 0 bridgehead atoms. The summed E-state index contributed by atoms with van der Waals surface area (Å²) in [6.07, 6.45) is 0.395. The maximum Gasteiger partial charge on any atom is 0.348 e. The number of benzene rings is 1. The summed E-state index contributed by atoms with van der Waals surface area (Å²) in [4.78, 5) is 27.4. The minimum atomic E-state index is -3.11. The van der Waals surface area contributed by atoms with Crippen LogP contribution in [0.5, 0.6) is 0 Å². The second-order valence-corrected chi connectivity index (χ2v) is 11.1. The minimum absolute atomic E-state index is 0.0582. The molecule has 1 aliphatic heterocycles. The Hall–Kier alpha value is -2.43. The number of amides is 1. The van der Waals surface area contributed by atoms with Gasteiger partial charge in [0.2, 0.25) is 0 Å². The van der Waals surface area contributed by atoms with Gasteiger partial charge in [0.25, 0.3) is 5.91 Å². The number of sulfone groups is 1. The zero-order valence-corrected chi connectivity index (χ0v) is 19.3. The van der Waals surface area contributed by atoms with E-state index in [0.717, 1.165) is 15.9 Å². The standard InChI is InChI=1S/C20H20ClN3O5S2/c1-12-14-9-17(30-19(14)24(22-12)16-6-4-3-5-15(16)21)20(26)29-10-18(25)23(2)13-7-8-31(27,28)11-13/h3-6,9,13H,7-8,10-11H2,1-2H3. The van der Waals surface area contributed by atoms with Crippen molar-refractivity contribution in [1.82, 2.24) is 14.7 Å². The van der Waals surface area contributed by atoms with Gasteiger partial charge in [-0.05, 0) is 31.5 Å². The van der Waals surface area contributed by atoms with Crippen LogP contribution in [-0.2, 0) is 19.4 Å². The van der Waals surface area contributed by atoms with E-state index in [4.69, 9.17) is 16.3 Å². The van der Waals surface area contributed by atoms with Crippen LogP contribution in [0, 0.1) is 6.92 Å². The largest absolute Gasteiger partial charge is 0.451 e. The number of likely N-dealkylation sites (N-methyl/N-ethyl adjacent to an activating group) is 1. The Morgan fingerprint density at radius 1 is 1.35 bits per heavy atom.